The van der Waals surface area contributed by atoms with Crippen LogP contribution in [0.3, 0.4) is 0 Å². The number of nitrogens with zero attached hydrogens (tertiary/aromatic N) is 1. The Morgan fingerprint density at radius 2 is 1.83 bits per heavy atom. The van der Waals surface area contributed by atoms with Gasteiger partial charge in [-0.15, -0.1) is 0 Å². The Hall–Kier alpha value is -1.65. The Kier molecular flexibility index (Phi) is 6.37. The van der Waals surface area contributed by atoms with E-state index in [1.807, 2.05) is 6.92 Å². The summed E-state index contributed by atoms with van der Waals surface area (Å²) in [6, 6.07) is 9.37. The van der Waals surface area contributed by atoms with Crippen molar-refractivity contribution in [2.24, 2.45) is 0 Å². The van der Waals surface area contributed by atoms with Gasteiger partial charge in [-0.1, -0.05) is 42.3 Å². The van der Waals surface area contributed by atoms with Crippen LogP contribution in [-0.4, -0.2) is 16.9 Å². The number of halogens is 3. The van der Waals surface area contributed by atoms with E-state index in [1.165, 1.54) is 24.3 Å². The van der Waals surface area contributed by atoms with E-state index in [1.54, 1.807) is 12.1 Å². The first kappa shape index (κ1) is 17.7. The SMILES string of the molecule is CCC(CCc1ccc(F)cc1)NC(=O)c1cc(Cl)nc(Cl)c1. The van der Waals surface area contributed by atoms with Crippen molar-refractivity contribution in [2.45, 2.75) is 32.2 Å². The summed E-state index contributed by atoms with van der Waals surface area (Å²) in [7, 11) is 0. The van der Waals surface area contributed by atoms with Crippen LogP contribution in [0.5, 0.6) is 0 Å². The number of pyridine rings is 1. The molecule has 1 aromatic carbocycles. The molecule has 2 rings (SSSR count). The Bertz CT molecular complexity index is 657. The second kappa shape index (κ2) is 8.27. The van der Waals surface area contributed by atoms with Crippen LogP contribution in [-0.2, 0) is 6.42 Å². The van der Waals surface area contributed by atoms with Gasteiger partial charge in [0.05, 0.1) is 0 Å². The minimum Gasteiger partial charge on any atom is -0.349 e. The maximum Gasteiger partial charge on any atom is 0.251 e. The van der Waals surface area contributed by atoms with E-state index in [0.717, 1.165) is 24.8 Å². The highest BCUT2D eigenvalue weighted by Crippen LogP contribution is 2.15. The number of amides is 1. The minimum atomic E-state index is -0.250. The van der Waals surface area contributed by atoms with Gasteiger partial charge in [0.1, 0.15) is 16.1 Å². The second-order valence-corrected chi connectivity index (χ2v) is 6.02. The zero-order chi connectivity index (χ0) is 16.8. The van der Waals surface area contributed by atoms with E-state index >= 15 is 0 Å². The van der Waals surface area contributed by atoms with Crippen LogP contribution < -0.4 is 5.32 Å². The van der Waals surface area contributed by atoms with Crippen LogP contribution in [0.1, 0.15) is 35.7 Å². The van der Waals surface area contributed by atoms with Crippen molar-refractivity contribution < 1.29 is 9.18 Å². The monoisotopic (exact) mass is 354 g/mol. The predicted molar refractivity (Wildman–Crippen MR) is 90.5 cm³/mol. The van der Waals surface area contributed by atoms with Crippen LogP contribution in [0, 0.1) is 5.82 Å². The molecule has 0 aliphatic heterocycles. The lowest BCUT2D eigenvalue weighted by atomic mass is 10.0. The number of rotatable bonds is 6. The number of carbonyl (C=O) groups excluding carboxylic acids is 1. The third kappa shape index (κ3) is 5.48. The molecule has 1 heterocycles. The molecular weight excluding hydrogens is 338 g/mol. The third-order valence-electron chi connectivity index (χ3n) is 3.55. The van der Waals surface area contributed by atoms with E-state index < -0.39 is 0 Å². The standard InChI is InChI=1S/C17H17Cl2FN2O/c1-2-14(8-5-11-3-6-13(20)7-4-11)21-17(23)12-9-15(18)22-16(19)10-12/h3-4,6-7,9-10,14H,2,5,8H2,1H3,(H,21,23). The molecule has 1 amide bonds. The van der Waals surface area contributed by atoms with Crippen LogP contribution in [0.4, 0.5) is 4.39 Å². The molecule has 23 heavy (non-hydrogen) atoms. The number of benzene rings is 1. The molecule has 0 bridgehead atoms. The van der Waals surface area contributed by atoms with E-state index in [0.29, 0.717) is 5.56 Å². The highest BCUT2D eigenvalue weighted by molar-refractivity contribution is 6.33. The highest BCUT2D eigenvalue weighted by Gasteiger charge is 2.14. The van der Waals surface area contributed by atoms with E-state index in [2.05, 4.69) is 10.3 Å². The number of aromatic nitrogens is 1. The molecule has 1 unspecified atom stereocenters. The molecule has 122 valence electrons. The fourth-order valence-electron chi connectivity index (χ4n) is 2.24. The molecule has 2 aromatic rings. The Morgan fingerprint density at radius 3 is 2.39 bits per heavy atom. The van der Waals surface area contributed by atoms with Gasteiger partial charge in [-0.25, -0.2) is 9.37 Å². The summed E-state index contributed by atoms with van der Waals surface area (Å²) < 4.78 is 12.9. The summed E-state index contributed by atoms with van der Waals surface area (Å²) in [6.45, 7) is 2.00. The fraction of sp³-hybridized carbons (Fsp3) is 0.294. The van der Waals surface area contributed by atoms with Crippen molar-refractivity contribution in [1.82, 2.24) is 10.3 Å². The maximum atomic E-state index is 12.9. The molecule has 0 spiro atoms. The van der Waals surface area contributed by atoms with Crippen molar-refractivity contribution in [2.75, 3.05) is 0 Å². The van der Waals surface area contributed by atoms with Gasteiger partial charge in [0.2, 0.25) is 0 Å². The molecule has 0 saturated carbocycles. The van der Waals surface area contributed by atoms with Gasteiger partial charge in [0, 0.05) is 11.6 Å². The first-order valence-electron chi connectivity index (χ1n) is 7.36. The van der Waals surface area contributed by atoms with Gasteiger partial charge in [-0.3, -0.25) is 4.79 Å². The van der Waals surface area contributed by atoms with Gasteiger partial charge in [-0.05, 0) is 49.1 Å². The van der Waals surface area contributed by atoms with Crippen molar-refractivity contribution in [3.63, 3.8) is 0 Å². The summed E-state index contributed by atoms with van der Waals surface area (Å²) in [5, 5.41) is 3.33. The average molecular weight is 355 g/mol. The first-order chi connectivity index (χ1) is 11.0. The van der Waals surface area contributed by atoms with Gasteiger partial charge >= 0.3 is 0 Å². The summed E-state index contributed by atoms with van der Waals surface area (Å²) in [5.41, 5.74) is 1.42. The van der Waals surface area contributed by atoms with Gasteiger partial charge in [-0.2, -0.15) is 0 Å². The molecule has 1 atom stereocenters. The molecule has 1 aromatic heterocycles. The van der Waals surface area contributed by atoms with Crippen molar-refractivity contribution in [1.29, 1.82) is 0 Å². The first-order valence-corrected chi connectivity index (χ1v) is 8.12. The Morgan fingerprint density at radius 1 is 1.22 bits per heavy atom. The summed E-state index contributed by atoms with van der Waals surface area (Å²) >= 11 is 11.6. The summed E-state index contributed by atoms with van der Waals surface area (Å²) in [5.74, 6) is -0.484. The molecule has 1 N–H and O–H groups in total. The second-order valence-electron chi connectivity index (χ2n) is 5.25. The molecule has 0 fully saturated rings. The Labute approximate surface area is 144 Å². The number of carbonyl (C=O) groups is 1. The zero-order valence-electron chi connectivity index (χ0n) is 12.7. The topological polar surface area (TPSA) is 42.0 Å². The summed E-state index contributed by atoms with van der Waals surface area (Å²) in [4.78, 5) is 16.1. The lowest BCUT2D eigenvalue weighted by Crippen LogP contribution is -2.34. The van der Waals surface area contributed by atoms with Crippen molar-refractivity contribution >= 4 is 29.1 Å². The van der Waals surface area contributed by atoms with Crippen LogP contribution >= 0.6 is 23.2 Å². The normalized spacial score (nSPS) is 12.0. The summed E-state index contributed by atoms with van der Waals surface area (Å²) in [6.07, 6.45) is 2.32. The number of aryl methyl sites for hydroxylation is 1. The van der Waals surface area contributed by atoms with Gasteiger partial charge in [0.25, 0.3) is 5.91 Å². The fourth-order valence-corrected chi connectivity index (χ4v) is 2.70. The molecule has 0 radical (unpaired) electrons. The minimum absolute atomic E-state index is 0.0123. The number of hydrogen-bond donors (Lipinski definition) is 1. The Balaban J connectivity index is 1.95. The van der Waals surface area contributed by atoms with Crippen LogP contribution in [0.25, 0.3) is 0 Å². The number of nitrogens with one attached hydrogen (secondary N) is 1. The lowest BCUT2D eigenvalue weighted by Gasteiger charge is -2.17. The molecule has 3 nitrogen and oxygen atoms in total. The zero-order valence-corrected chi connectivity index (χ0v) is 14.2. The molecular formula is C17H17Cl2FN2O. The molecule has 0 aliphatic rings. The van der Waals surface area contributed by atoms with E-state index in [4.69, 9.17) is 23.2 Å². The van der Waals surface area contributed by atoms with Crippen LogP contribution in [0.15, 0.2) is 36.4 Å². The lowest BCUT2D eigenvalue weighted by molar-refractivity contribution is 0.0934. The third-order valence-corrected chi connectivity index (χ3v) is 3.94. The van der Waals surface area contributed by atoms with Gasteiger partial charge in [0.15, 0.2) is 0 Å². The quantitative estimate of drug-likeness (QED) is 0.766. The predicted octanol–water partition coefficient (Wildman–Crippen LogP) is 4.67. The smallest absolute Gasteiger partial charge is 0.251 e. The van der Waals surface area contributed by atoms with Crippen molar-refractivity contribution in [3.8, 4) is 0 Å². The maximum absolute atomic E-state index is 12.9. The average Bonchev–Trinajstić information content (AvgIpc) is 2.51. The van der Waals surface area contributed by atoms with Crippen molar-refractivity contribution in [3.05, 3.63) is 63.6 Å². The molecule has 6 heteroatoms. The molecule has 0 saturated heterocycles. The van der Waals surface area contributed by atoms with Crippen LogP contribution in [0.2, 0.25) is 10.3 Å². The highest BCUT2D eigenvalue weighted by atomic mass is 35.5. The number of hydrogen-bond acceptors (Lipinski definition) is 2. The largest absolute Gasteiger partial charge is 0.349 e. The molecule has 0 aliphatic carbocycles. The van der Waals surface area contributed by atoms with E-state index in [-0.39, 0.29) is 28.1 Å². The van der Waals surface area contributed by atoms with E-state index in [9.17, 15) is 9.18 Å². The van der Waals surface area contributed by atoms with Gasteiger partial charge < -0.3 is 5.32 Å².